The van der Waals surface area contributed by atoms with Gasteiger partial charge in [0.1, 0.15) is 5.75 Å². The predicted octanol–water partition coefficient (Wildman–Crippen LogP) is 1.90. The molecule has 2 N–H and O–H groups in total. The van der Waals surface area contributed by atoms with Crippen LogP contribution in [0.25, 0.3) is 0 Å². The molecule has 0 aliphatic carbocycles. The average molecular weight is 337 g/mol. The van der Waals surface area contributed by atoms with E-state index in [1.807, 2.05) is 13.8 Å². The van der Waals surface area contributed by atoms with Crippen molar-refractivity contribution in [3.63, 3.8) is 0 Å². The molecule has 6 heteroatoms. The smallest absolute Gasteiger partial charge is 0.310 e. The van der Waals surface area contributed by atoms with Crippen molar-refractivity contribution in [1.29, 1.82) is 0 Å². The van der Waals surface area contributed by atoms with Crippen LogP contribution in [-0.4, -0.2) is 43.9 Å². The van der Waals surface area contributed by atoms with Gasteiger partial charge in [-0.3, -0.25) is 9.59 Å². The van der Waals surface area contributed by atoms with Gasteiger partial charge in [0.2, 0.25) is 5.91 Å². The maximum absolute atomic E-state index is 11.9. The third-order valence-corrected chi connectivity index (χ3v) is 3.42. The van der Waals surface area contributed by atoms with Crippen molar-refractivity contribution in [3.05, 3.63) is 29.8 Å². The van der Waals surface area contributed by atoms with E-state index in [2.05, 4.69) is 5.32 Å². The van der Waals surface area contributed by atoms with Gasteiger partial charge in [0, 0.05) is 19.6 Å². The molecule has 134 valence electrons. The molecule has 0 saturated heterocycles. The van der Waals surface area contributed by atoms with Gasteiger partial charge in [0.15, 0.2) is 0 Å². The third-order valence-electron chi connectivity index (χ3n) is 3.42. The SMILES string of the molecule is COC(=O)[C@H](CNC(=O)CCOCC(C)C)Cc1ccc(O)cc1. The molecule has 24 heavy (non-hydrogen) atoms. The molecule has 0 unspecified atom stereocenters. The highest BCUT2D eigenvalue weighted by atomic mass is 16.5. The number of rotatable bonds is 10. The van der Waals surface area contributed by atoms with Crippen LogP contribution < -0.4 is 5.32 Å². The number of esters is 1. The maximum atomic E-state index is 11.9. The summed E-state index contributed by atoms with van der Waals surface area (Å²) in [6, 6.07) is 6.61. The molecule has 0 heterocycles. The summed E-state index contributed by atoms with van der Waals surface area (Å²) in [6.45, 7) is 5.29. The van der Waals surface area contributed by atoms with Crippen LogP contribution in [-0.2, 0) is 25.5 Å². The summed E-state index contributed by atoms with van der Waals surface area (Å²) in [7, 11) is 1.33. The molecule has 1 atom stereocenters. The number of hydrogen-bond acceptors (Lipinski definition) is 5. The Hall–Kier alpha value is -2.08. The normalized spacial score (nSPS) is 12.0. The van der Waals surface area contributed by atoms with Gasteiger partial charge >= 0.3 is 5.97 Å². The predicted molar refractivity (Wildman–Crippen MR) is 90.6 cm³/mol. The molecular weight excluding hydrogens is 310 g/mol. The fraction of sp³-hybridized carbons (Fsp3) is 0.556. The first-order valence-electron chi connectivity index (χ1n) is 8.12. The summed E-state index contributed by atoms with van der Waals surface area (Å²) in [5.74, 6) is -0.400. The average Bonchev–Trinajstić information content (AvgIpc) is 2.56. The van der Waals surface area contributed by atoms with Crippen molar-refractivity contribution in [2.45, 2.75) is 26.7 Å². The quantitative estimate of drug-likeness (QED) is 0.503. The molecule has 1 rings (SSSR count). The molecule has 1 aromatic carbocycles. The second-order valence-electron chi connectivity index (χ2n) is 6.11. The van der Waals surface area contributed by atoms with E-state index in [1.54, 1.807) is 24.3 Å². The van der Waals surface area contributed by atoms with Crippen LogP contribution in [0.1, 0.15) is 25.8 Å². The fourth-order valence-corrected chi connectivity index (χ4v) is 2.13. The lowest BCUT2D eigenvalue weighted by Gasteiger charge is -2.16. The van der Waals surface area contributed by atoms with Gasteiger partial charge in [0.05, 0.1) is 19.6 Å². The number of amides is 1. The molecule has 0 bridgehead atoms. The highest BCUT2D eigenvalue weighted by molar-refractivity contribution is 5.78. The third kappa shape index (κ3) is 7.97. The lowest BCUT2D eigenvalue weighted by Crippen LogP contribution is -2.35. The lowest BCUT2D eigenvalue weighted by molar-refractivity contribution is -0.145. The van der Waals surface area contributed by atoms with Crippen molar-refractivity contribution >= 4 is 11.9 Å². The molecule has 0 aliphatic rings. The minimum Gasteiger partial charge on any atom is -0.508 e. The first-order valence-corrected chi connectivity index (χ1v) is 8.12. The lowest BCUT2D eigenvalue weighted by atomic mass is 9.99. The molecular formula is C18H27NO5. The monoisotopic (exact) mass is 337 g/mol. The molecule has 0 aromatic heterocycles. The van der Waals surface area contributed by atoms with Crippen molar-refractivity contribution in [2.24, 2.45) is 11.8 Å². The zero-order chi connectivity index (χ0) is 17.9. The van der Waals surface area contributed by atoms with Gasteiger partial charge in [-0.15, -0.1) is 0 Å². The van der Waals surface area contributed by atoms with Crippen molar-refractivity contribution in [1.82, 2.24) is 5.32 Å². The van der Waals surface area contributed by atoms with E-state index >= 15 is 0 Å². The summed E-state index contributed by atoms with van der Waals surface area (Å²) in [4.78, 5) is 23.7. The molecule has 0 fully saturated rings. The van der Waals surface area contributed by atoms with E-state index in [1.165, 1.54) is 7.11 Å². The van der Waals surface area contributed by atoms with E-state index in [9.17, 15) is 14.7 Å². The number of phenolic OH excluding ortho intramolecular Hbond substituents is 1. The van der Waals surface area contributed by atoms with Gasteiger partial charge in [-0.2, -0.15) is 0 Å². The maximum Gasteiger partial charge on any atom is 0.310 e. The second-order valence-corrected chi connectivity index (χ2v) is 6.11. The van der Waals surface area contributed by atoms with Crippen LogP contribution in [0.3, 0.4) is 0 Å². The summed E-state index contributed by atoms with van der Waals surface area (Å²) in [6.07, 6.45) is 0.691. The topological polar surface area (TPSA) is 84.9 Å². The number of benzene rings is 1. The van der Waals surface area contributed by atoms with Crippen LogP contribution >= 0.6 is 0 Å². The highest BCUT2D eigenvalue weighted by Crippen LogP contribution is 2.14. The molecule has 0 radical (unpaired) electrons. The minimum absolute atomic E-state index is 0.154. The second kappa shape index (κ2) is 10.6. The van der Waals surface area contributed by atoms with Gasteiger partial charge < -0.3 is 19.9 Å². The molecule has 6 nitrogen and oxygen atoms in total. The van der Waals surface area contributed by atoms with Crippen LogP contribution in [0, 0.1) is 11.8 Å². The van der Waals surface area contributed by atoms with Gasteiger partial charge in [-0.1, -0.05) is 26.0 Å². The van der Waals surface area contributed by atoms with E-state index in [0.717, 1.165) is 5.56 Å². The Bertz CT molecular complexity index is 513. The zero-order valence-electron chi connectivity index (χ0n) is 14.6. The Kier molecular flexibility index (Phi) is 8.86. The first kappa shape index (κ1) is 20.0. The van der Waals surface area contributed by atoms with E-state index in [4.69, 9.17) is 9.47 Å². The number of methoxy groups -OCH3 is 1. The van der Waals surface area contributed by atoms with Gasteiger partial charge in [-0.25, -0.2) is 0 Å². The van der Waals surface area contributed by atoms with Crippen molar-refractivity contribution < 1.29 is 24.2 Å². The number of nitrogens with one attached hydrogen (secondary N) is 1. The standard InChI is InChI=1S/C18H27NO5/c1-13(2)12-24-9-8-17(21)19-11-15(18(22)23-3)10-14-4-6-16(20)7-5-14/h4-7,13,15,20H,8-12H2,1-3H3,(H,19,21)/t15-/m0/s1. The summed E-state index contributed by atoms with van der Waals surface area (Å²) in [5, 5.41) is 12.0. The Labute approximate surface area is 143 Å². The van der Waals surface area contributed by atoms with E-state index in [0.29, 0.717) is 25.6 Å². The van der Waals surface area contributed by atoms with Crippen LogP contribution in [0.2, 0.25) is 0 Å². The largest absolute Gasteiger partial charge is 0.508 e. The zero-order valence-corrected chi connectivity index (χ0v) is 14.6. The van der Waals surface area contributed by atoms with Crippen LogP contribution in [0.5, 0.6) is 5.75 Å². The van der Waals surface area contributed by atoms with Crippen LogP contribution in [0.4, 0.5) is 0 Å². The number of carbonyl (C=O) groups excluding carboxylic acids is 2. The fourth-order valence-electron chi connectivity index (χ4n) is 2.13. The van der Waals surface area contributed by atoms with Crippen molar-refractivity contribution in [3.8, 4) is 5.75 Å². The van der Waals surface area contributed by atoms with Gasteiger partial charge in [-0.05, 0) is 30.0 Å². The molecule has 1 amide bonds. The molecule has 1 aromatic rings. The summed E-state index contributed by atoms with van der Waals surface area (Å²) in [5.41, 5.74) is 0.887. The van der Waals surface area contributed by atoms with Crippen LogP contribution in [0.15, 0.2) is 24.3 Å². The number of ether oxygens (including phenoxy) is 2. The number of phenols is 1. The number of hydrogen-bond donors (Lipinski definition) is 2. The first-order chi connectivity index (χ1) is 11.4. The van der Waals surface area contributed by atoms with E-state index < -0.39 is 5.92 Å². The number of aromatic hydroxyl groups is 1. The highest BCUT2D eigenvalue weighted by Gasteiger charge is 2.20. The Morgan fingerprint density at radius 3 is 2.46 bits per heavy atom. The summed E-state index contributed by atoms with van der Waals surface area (Å²) < 4.78 is 10.2. The summed E-state index contributed by atoms with van der Waals surface area (Å²) >= 11 is 0. The Morgan fingerprint density at radius 1 is 1.21 bits per heavy atom. The Balaban J connectivity index is 2.44. The van der Waals surface area contributed by atoms with Crippen molar-refractivity contribution in [2.75, 3.05) is 26.9 Å². The Morgan fingerprint density at radius 2 is 1.88 bits per heavy atom. The number of carbonyl (C=O) groups is 2. The minimum atomic E-state index is -0.472. The van der Waals surface area contributed by atoms with E-state index in [-0.39, 0.29) is 30.6 Å². The molecule has 0 aliphatic heterocycles. The molecule has 0 spiro atoms. The molecule has 0 saturated carbocycles. The van der Waals surface area contributed by atoms with Gasteiger partial charge in [0.25, 0.3) is 0 Å².